The van der Waals surface area contributed by atoms with Crippen LogP contribution in [0.5, 0.6) is 0 Å². The predicted molar refractivity (Wildman–Crippen MR) is 141 cm³/mol. The fourth-order valence-electron chi connectivity index (χ4n) is 4.87. The van der Waals surface area contributed by atoms with E-state index in [1.807, 2.05) is 43.9 Å². The van der Waals surface area contributed by atoms with E-state index in [1.54, 1.807) is 11.3 Å². The maximum absolute atomic E-state index is 13.5. The molecule has 0 radical (unpaired) electrons. The van der Waals surface area contributed by atoms with Crippen LogP contribution in [0.1, 0.15) is 75.8 Å². The van der Waals surface area contributed by atoms with Gasteiger partial charge in [0.05, 0.1) is 35.4 Å². The van der Waals surface area contributed by atoms with Crippen LogP contribution in [0.2, 0.25) is 0 Å². The summed E-state index contributed by atoms with van der Waals surface area (Å²) >= 11 is 1.68. The first-order chi connectivity index (χ1) is 17.0. The highest BCUT2D eigenvalue weighted by Crippen LogP contribution is 2.35. The van der Waals surface area contributed by atoms with Crippen molar-refractivity contribution < 1.29 is 9.53 Å². The summed E-state index contributed by atoms with van der Waals surface area (Å²) in [6.07, 6.45) is 2.74. The van der Waals surface area contributed by atoms with Crippen molar-refractivity contribution in [2.75, 3.05) is 19.7 Å². The molecule has 2 aliphatic heterocycles. The molecule has 1 amide bonds. The van der Waals surface area contributed by atoms with Gasteiger partial charge in [-0.15, -0.1) is 11.3 Å². The quantitative estimate of drug-likeness (QED) is 0.428. The van der Waals surface area contributed by atoms with E-state index in [4.69, 9.17) is 15.0 Å². The molecule has 1 saturated heterocycles. The molecule has 0 N–H and O–H groups in total. The van der Waals surface area contributed by atoms with Crippen molar-refractivity contribution in [1.29, 1.82) is 5.26 Å². The molecule has 0 bridgehead atoms. The van der Waals surface area contributed by atoms with Crippen molar-refractivity contribution in [2.45, 2.75) is 59.5 Å². The number of ether oxygens (including phenoxy) is 1. The molecular formula is C29H33N3O2S. The summed E-state index contributed by atoms with van der Waals surface area (Å²) in [6, 6.07) is 14.2. The number of aromatic nitrogens is 1. The molecule has 0 spiro atoms. The Labute approximate surface area is 212 Å². The standard InChI is InChI=1S/C27H27N3O2S.C2H6/c1-17-13-18(2)23(14-22(17)26-29-24-9-12-32-16-25(24)33-26)27(31)30-10-7-21(8-11-30)20-5-3-19(15-28)4-6-20;1-2/h3-6,13-14,21H,7-12,16H2,1-2H3;1-2H3. The number of carbonyl (C=O) groups excluding carboxylic acids is 1. The number of thiazole rings is 1. The predicted octanol–water partition coefficient (Wildman–Crippen LogP) is 6.42. The average Bonchev–Trinajstić information content (AvgIpc) is 3.34. The maximum atomic E-state index is 13.5. The molecule has 2 aromatic carbocycles. The minimum absolute atomic E-state index is 0.108. The lowest BCUT2D eigenvalue weighted by molar-refractivity contribution is 0.0712. The average molecular weight is 488 g/mol. The molecular weight excluding hydrogens is 454 g/mol. The van der Waals surface area contributed by atoms with Crippen LogP contribution in [0.25, 0.3) is 10.6 Å². The zero-order valence-corrected chi connectivity index (χ0v) is 21.9. The molecule has 1 fully saturated rings. The van der Waals surface area contributed by atoms with Gasteiger partial charge in [-0.3, -0.25) is 4.79 Å². The fraction of sp³-hybridized carbons (Fsp3) is 0.414. The number of hydrogen-bond acceptors (Lipinski definition) is 5. The highest BCUT2D eigenvalue weighted by molar-refractivity contribution is 7.15. The summed E-state index contributed by atoms with van der Waals surface area (Å²) in [4.78, 5) is 21.6. The van der Waals surface area contributed by atoms with Crippen molar-refractivity contribution in [3.05, 3.63) is 74.8 Å². The molecule has 6 heteroatoms. The van der Waals surface area contributed by atoms with Gasteiger partial charge < -0.3 is 9.64 Å². The highest BCUT2D eigenvalue weighted by Gasteiger charge is 2.26. The van der Waals surface area contributed by atoms with Crippen molar-refractivity contribution in [3.63, 3.8) is 0 Å². The second-order valence-corrected chi connectivity index (χ2v) is 10.1. The Hall–Kier alpha value is -3.01. The summed E-state index contributed by atoms with van der Waals surface area (Å²) in [5.41, 5.74) is 7.07. The summed E-state index contributed by atoms with van der Waals surface area (Å²) in [5, 5.41) is 10.00. The van der Waals surface area contributed by atoms with Crippen LogP contribution in [0.3, 0.4) is 0 Å². The number of nitriles is 1. The first-order valence-corrected chi connectivity index (χ1v) is 13.3. The Balaban J connectivity index is 0.00000141. The monoisotopic (exact) mass is 487 g/mol. The van der Waals surface area contributed by atoms with E-state index in [0.29, 0.717) is 18.1 Å². The molecule has 3 aromatic rings. The topological polar surface area (TPSA) is 66.2 Å². The number of nitrogens with zero attached hydrogens (tertiary/aromatic N) is 3. The largest absolute Gasteiger partial charge is 0.375 e. The molecule has 2 aliphatic rings. The number of benzene rings is 2. The van der Waals surface area contributed by atoms with Gasteiger partial charge in [-0.05, 0) is 67.5 Å². The molecule has 0 unspecified atom stereocenters. The lowest BCUT2D eigenvalue weighted by Crippen LogP contribution is -2.38. The van der Waals surface area contributed by atoms with Crippen LogP contribution in [0.15, 0.2) is 36.4 Å². The van der Waals surface area contributed by atoms with Crippen LogP contribution >= 0.6 is 11.3 Å². The van der Waals surface area contributed by atoms with Crippen LogP contribution in [0.4, 0.5) is 0 Å². The molecule has 1 aromatic heterocycles. The highest BCUT2D eigenvalue weighted by atomic mass is 32.1. The van der Waals surface area contributed by atoms with Crippen LogP contribution < -0.4 is 0 Å². The van der Waals surface area contributed by atoms with Gasteiger partial charge in [0.15, 0.2) is 0 Å². The zero-order chi connectivity index (χ0) is 24.9. The maximum Gasteiger partial charge on any atom is 0.254 e. The first kappa shape index (κ1) is 25.1. The number of amides is 1. The third kappa shape index (κ3) is 5.32. The summed E-state index contributed by atoms with van der Waals surface area (Å²) in [5.74, 6) is 0.539. The molecule has 5 rings (SSSR count). The minimum Gasteiger partial charge on any atom is -0.375 e. The van der Waals surface area contributed by atoms with Crippen LogP contribution in [0, 0.1) is 25.2 Å². The van der Waals surface area contributed by atoms with E-state index >= 15 is 0 Å². The van der Waals surface area contributed by atoms with E-state index in [9.17, 15) is 4.79 Å². The van der Waals surface area contributed by atoms with Crippen molar-refractivity contribution in [2.24, 2.45) is 0 Å². The van der Waals surface area contributed by atoms with Gasteiger partial charge in [-0.2, -0.15) is 5.26 Å². The van der Waals surface area contributed by atoms with Crippen LogP contribution in [-0.4, -0.2) is 35.5 Å². The lowest BCUT2D eigenvalue weighted by atomic mass is 9.88. The van der Waals surface area contributed by atoms with Gasteiger partial charge in [0.25, 0.3) is 5.91 Å². The van der Waals surface area contributed by atoms with Gasteiger partial charge in [0.2, 0.25) is 0 Å². The lowest BCUT2D eigenvalue weighted by Gasteiger charge is -2.32. The van der Waals surface area contributed by atoms with Gasteiger partial charge >= 0.3 is 0 Å². The van der Waals surface area contributed by atoms with Gasteiger partial charge in [0, 0.05) is 30.6 Å². The second kappa shape index (κ2) is 11.2. The minimum atomic E-state index is 0.108. The molecule has 0 atom stereocenters. The van der Waals surface area contributed by atoms with Crippen molar-refractivity contribution >= 4 is 17.2 Å². The number of aryl methyl sites for hydroxylation is 2. The third-order valence-corrected chi connectivity index (χ3v) is 7.92. The number of hydrogen-bond donors (Lipinski definition) is 0. The molecule has 0 saturated carbocycles. The second-order valence-electron chi connectivity index (χ2n) is 8.97. The van der Waals surface area contributed by atoms with E-state index < -0.39 is 0 Å². The zero-order valence-electron chi connectivity index (χ0n) is 21.1. The number of likely N-dealkylation sites (tertiary alicyclic amines) is 1. The van der Waals surface area contributed by atoms with E-state index in [0.717, 1.165) is 71.9 Å². The van der Waals surface area contributed by atoms with Crippen molar-refractivity contribution in [1.82, 2.24) is 9.88 Å². The Kier molecular flexibility index (Phi) is 8.00. The van der Waals surface area contributed by atoms with Gasteiger partial charge in [-0.1, -0.05) is 32.0 Å². The first-order valence-electron chi connectivity index (χ1n) is 12.5. The number of piperidine rings is 1. The van der Waals surface area contributed by atoms with Crippen molar-refractivity contribution in [3.8, 4) is 16.6 Å². The normalized spacial score (nSPS) is 15.6. The molecule has 5 nitrogen and oxygen atoms in total. The number of rotatable bonds is 3. The van der Waals surface area contributed by atoms with Gasteiger partial charge in [0.1, 0.15) is 5.01 Å². The molecule has 3 heterocycles. The third-order valence-electron chi connectivity index (χ3n) is 6.82. The SMILES string of the molecule is CC.Cc1cc(C)c(-c2nc3c(s2)COCC3)cc1C(=O)N1CCC(c2ccc(C#N)cc2)CC1. The summed E-state index contributed by atoms with van der Waals surface area (Å²) in [7, 11) is 0. The Morgan fingerprint density at radius 2 is 1.83 bits per heavy atom. The Morgan fingerprint density at radius 3 is 2.49 bits per heavy atom. The molecule has 35 heavy (non-hydrogen) atoms. The van der Waals surface area contributed by atoms with E-state index in [2.05, 4.69) is 31.2 Å². The van der Waals surface area contributed by atoms with Gasteiger partial charge in [-0.25, -0.2) is 4.98 Å². The Bertz CT molecular complexity index is 1210. The van der Waals surface area contributed by atoms with E-state index in [-0.39, 0.29) is 5.91 Å². The Morgan fingerprint density at radius 1 is 1.11 bits per heavy atom. The van der Waals surface area contributed by atoms with E-state index in [1.165, 1.54) is 10.4 Å². The molecule has 182 valence electrons. The summed E-state index contributed by atoms with van der Waals surface area (Å²) < 4.78 is 5.58. The summed E-state index contributed by atoms with van der Waals surface area (Å²) in [6.45, 7) is 11.0. The van der Waals surface area contributed by atoms with Crippen LogP contribution in [-0.2, 0) is 17.8 Å². The molecule has 0 aliphatic carbocycles. The number of fused-ring (bicyclic) bond motifs is 1. The smallest absolute Gasteiger partial charge is 0.254 e. The number of carbonyl (C=O) groups is 1. The fourth-order valence-corrected chi connectivity index (χ4v) is 6.00.